The second-order valence-corrected chi connectivity index (χ2v) is 6.09. The van der Waals surface area contributed by atoms with Crippen molar-refractivity contribution in [3.63, 3.8) is 0 Å². The minimum Gasteiger partial charge on any atom is -0.493 e. The van der Waals surface area contributed by atoms with Crippen LogP contribution in [0.3, 0.4) is 0 Å². The molecule has 122 valence electrons. The Bertz CT molecular complexity index is 665. The fraction of sp³-hybridized carbons (Fsp3) is 0.412. The molecule has 0 spiro atoms. The number of aromatic nitrogens is 2. The molecule has 23 heavy (non-hydrogen) atoms. The van der Waals surface area contributed by atoms with Gasteiger partial charge in [0.1, 0.15) is 17.3 Å². The topological polar surface area (TPSA) is 84.2 Å². The molecule has 1 saturated heterocycles. The molecule has 0 unspecified atom stereocenters. The van der Waals surface area contributed by atoms with Crippen molar-refractivity contribution < 1.29 is 9.53 Å². The summed E-state index contributed by atoms with van der Waals surface area (Å²) >= 11 is 0. The summed E-state index contributed by atoms with van der Waals surface area (Å²) in [7, 11) is 0. The lowest BCUT2D eigenvalue weighted by Crippen LogP contribution is -2.41. The Morgan fingerprint density at radius 1 is 1.43 bits per heavy atom. The minimum atomic E-state index is -0.0470. The van der Waals surface area contributed by atoms with Crippen LogP contribution in [-0.2, 0) is 0 Å². The highest BCUT2D eigenvalue weighted by molar-refractivity contribution is 5.93. The number of likely N-dealkylation sites (tertiary alicyclic amines) is 1. The molecule has 1 fully saturated rings. The molecule has 0 saturated carbocycles. The van der Waals surface area contributed by atoms with E-state index in [0.717, 1.165) is 25.1 Å². The lowest BCUT2D eigenvalue weighted by molar-refractivity contribution is 0.0627. The van der Waals surface area contributed by atoms with Crippen molar-refractivity contribution in [2.24, 2.45) is 5.92 Å². The summed E-state index contributed by atoms with van der Waals surface area (Å²) in [6.07, 6.45) is 2.05. The number of aromatic amines is 1. The zero-order valence-electron chi connectivity index (χ0n) is 13.3. The van der Waals surface area contributed by atoms with Crippen molar-refractivity contribution in [1.29, 1.82) is 0 Å². The number of aryl methyl sites for hydroxylation is 1. The molecular weight excluding hydrogens is 292 g/mol. The lowest BCUT2D eigenvalue weighted by atomic mass is 9.98. The van der Waals surface area contributed by atoms with Crippen LogP contribution >= 0.6 is 0 Å². The third-order valence-electron chi connectivity index (χ3n) is 4.14. The van der Waals surface area contributed by atoms with Crippen LogP contribution in [0, 0.1) is 12.8 Å². The summed E-state index contributed by atoms with van der Waals surface area (Å²) in [5.41, 5.74) is 7.22. The number of hydrogen-bond donors (Lipinski definition) is 2. The molecule has 1 aromatic carbocycles. The number of benzene rings is 1. The van der Waals surface area contributed by atoms with Gasteiger partial charge in [-0.05, 0) is 31.9 Å². The van der Waals surface area contributed by atoms with Gasteiger partial charge in [0, 0.05) is 25.1 Å². The number of hydrogen-bond acceptors (Lipinski definition) is 4. The van der Waals surface area contributed by atoms with E-state index in [2.05, 4.69) is 17.1 Å². The van der Waals surface area contributed by atoms with E-state index in [4.69, 9.17) is 10.5 Å². The van der Waals surface area contributed by atoms with Gasteiger partial charge in [-0.25, -0.2) is 0 Å². The fourth-order valence-corrected chi connectivity index (χ4v) is 2.85. The number of anilines is 1. The fourth-order valence-electron chi connectivity index (χ4n) is 2.85. The Morgan fingerprint density at radius 3 is 2.91 bits per heavy atom. The zero-order chi connectivity index (χ0) is 16.2. The van der Waals surface area contributed by atoms with Gasteiger partial charge in [0.25, 0.3) is 5.91 Å². The van der Waals surface area contributed by atoms with Gasteiger partial charge in [-0.15, -0.1) is 0 Å². The first-order valence-corrected chi connectivity index (χ1v) is 7.91. The third kappa shape index (κ3) is 3.83. The number of nitrogens with one attached hydrogen (secondary N) is 1. The van der Waals surface area contributed by atoms with Crippen molar-refractivity contribution in [3.8, 4) is 5.75 Å². The first kappa shape index (κ1) is 15.4. The van der Waals surface area contributed by atoms with E-state index in [9.17, 15) is 4.79 Å². The molecule has 1 amide bonds. The second kappa shape index (κ2) is 6.73. The number of carbonyl (C=O) groups is 1. The predicted molar refractivity (Wildman–Crippen MR) is 88.3 cm³/mol. The number of piperidine rings is 1. The normalized spacial score (nSPS) is 18.0. The summed E-state index contributed by atoms with van der Waals surface area (Å²) in [5.74, 6) is 1.51. The Balaban J connectivity index is 1.55. The standard InChI is InChI=1S/C17H22N4O2/c1-12-4-6-14(7-5-12)23-11-13-3-2-8-21(10-13)17(22)15-9-16(18)20-19-15/h4-7,9,13H,2-3,8,10-11H2,1H3,(H3,18,19,20)/t13-/m0/s1. The highest BCUT2D eigenvalue weighted by Crippen LogP contribution is 2.20. The summed E-state index contributed by atoms with van der Waals surface area (Å²) in [6.45, 7) is 4.14. The molecule has 3 rings (SSSR count). The molecule has 1 atom stereocenters. The number of nitrogen functional groups attached to an aromatic ring is 1. The molecular formula is C17H22N4O2. The quantitative estimate of drug-likeness (QED) is 0.906. The van der Waals surface area contributed by atoms with Crippen LogP contribution in [-0.4, -0.2) is 40.7 Å². The van der Waals surface area contributed by atoms with Gasteiger partial charge in [0.05, 0.1) is 6.61 Å². The van der Waals surface area contributed by atoms with Gasteiger partial charge in [0.15, 0.2) is 0 Å². The molecule has 2 heterocycles. The Morgan fingerprint density at radius 2 is 2.22 bits per heavy atom. The van der Waals surface area contributed by atoms with Gasteiger partial charge in [-0.2, -0.15) is 5.10 Å². The van der Waals surface area contributed by atoms with Crippen LogP contribution in [0.1, 0.15) is 28.9 Å². The first-order chi connectivity index (χ1) is 11.1. The third-order valence-corrected chi connectivity index (χ3v) is 4.14. The number of H-pyrrole nitrogens is 1. The first-order valence-electron chi connectivity index (χ1n) is 7.91. The van der Waals surface area contributed by atoms with E-state index in [-0.39, 0.29) is 5.91 Å². The molecule has 1 aliphatic heterocycles. The van der Waals surface area contributed by atoms with Crippen molar-refractivity contribution in [3.05, 3.63) is 41.6 Å². The van der Waals surface area contributed by atoms with E-state index >= 15 is 0 Å². The summed E-state index contributed by atoms with van der Waals surface area (Å²) in [5, 5.41) is 6.50. The second-order valence-electron chi connectivity index (χ2n) is 6.09. The molecule has 3 N–H and O–H groups in total. The van der Waals surface area contributed by atoms with Crippen molar-refractivity contribution in [2.45, 2.75) is 19.8 Å². The Hall–Kier alpha value is -2.50. The van der Waals surface area contributed by atoms with Gasteiger partial charge >= 0.3 is 0 Å². The van der Waals surface area contributed by atoms with E-state index in [1.807, 2.05) is 29.2 Å². The number of rotatable bonds is 4. The van der Waals surface area contributed by atoms with Crippen LogP contribution < -0.4 is 10.5 Å². The van der Waals surface area contributed by atoms with Gasteiger partial charge < -0.3 is 15.4 Å². The Labute approximate surface area is 135 Å². The minimum absolute atomic E-state index is 0.0470. The van der Waals surface area contributed by atoms with Crippen LogP contribution in [0.2, 0.25) is 0 Å². The van der Waals surface area contributed by atoms with Gasteiger partial charge in [-0.1, -0.05) is 17.7 Å². The number of nitrogens with zero attached hydrogens (tertiary/aromatic N) is 2. The van der Waals surface area contributed by atoms with E-state index in [0.29, 0.717) is 30.6 Å². The SMILES string of the molecule is Cc1ccc(OC[C@H]2CCCN(C(=O)c3cc(N)n[nH]3)C2)cc1. The van der Waals surface area contributed by atoms with Crippen LogP contribution in [0.4, 0.5) is 5.82 Å². The summed E-state index contributed by atoms with van der Waals surface area (Å²) in [4.78, 5) is 14.3. The molecule has 0 radical (unpaired) electrons. The van der Waals surface area contributed by atoms with E-state index in [1.54, 1.807) is 6.07 Å². The average Bonchev–Trinajstić information content (AvgIpc) is 3.00. The maximum atomic E-state index is 12.4. The van der Waals surface area contributed by atoms with Crippen molar-refractivity contribution >= 4 is 11.7 Å². The van der Waals surface area contributed by atoms with Crippen LogP contribution in [0.15, 0.2) is 30.3 Å². The highest BCUT2D eigenvalue weighted by atomic mass is 16.5. The van der Waals surface area contributed by atoms with Crippen LogP contribution in [0.25, 0.3) is 0 Å². The van der Waals surface area contributed by atoms with Crippen LogP contribution in [0.5, 0.6) is 5.75 Å². The largest absolute Gasteiger partial charge is 0.493 e. The monoisotopic (exact) mass is 314 g/mol. The number of nitrogens with two attached hydrogens (primary N) is 1. The average molecular weight is 314 g/mol. The molecule has 6 heteroatoms. The van der Waals surface area contributed by atoms with Crippen molar-refractivity contribution in [1.82, 2.24) is 15.1 Å². The predicted octanol–water partition coefficient (Wildman–Crippen LogP) is 2.23. The summed E-state index contributed by atoms with van der Waals surface area (Å²) in [6, 6.07) is 9.61. The number of carbonyl (C=O) groups excluding carboxylic acids is 1. The lowest BCUT2D eigenvalue weighted by Gasteiger charge is -2.32. The molecule has 2 aromatic rings. The maximum Gasteiger partial charge on any atom is 0.271 e. The van der Waals surface area contributed by atoms with Crippen molar-refractivity contribution in [2.75, 3.05) is 25.4 Å². The van der Waals surface area contributed by atoms with Gasteiger partial charge in [0.2, 0.25) is 0 Å². The van der Waals surface area contributed by atoms with Gasteiger partial charge in [-0.3, -0.25) is 9.89 Å². The number of ether oxygens (including phenoxy) is 1. The smallest absolute Gasteiger partial charge is 0.271 e. The molecule has 1 aromatic heterocycles. The molecule has 0 bridgehead atoms. The van der Waals surface area contributed by atoms with E-state index < -0.39 is 0 Å². The maximum absolute atomic E-state index is 12.4. The highest BCUT2D eigenvalue weighted by Gasteiger charge is 2.25. The number of amides is 1. The molecule has 0 aliphatic carbocycles. The van der Waals surface area contributed by atoms with E-state index in [1.165, 1.54) is 5.56 Å². The molecule has 6 nitrogen and oxygen atoms in total. The summed E-state index contributed by atoms with van der Waals surface area (Å²) < 4.78 is 5.86. The zero-order valence-corrected chi connectivity index (χ0v) is 13.3. The molecule has 1 aliphatic rings. The Kier molecular flexibility index (Phi) is 4.50.